The molecule has 1 amide bonds. The number of likely N-dealkylation sites (tertiary alicyclic amines) is 1. The Hall–Kier alpha value is -1.36. The van der Waals surface area contributed by atoms with Gasteiger partial charge in [-0.25, -0.2) is 0 Å². The van der Waals surface area contributed by atoms with Gasteiger partial charge in [-0.2, -0.15) is 5.10 Å². The van der Waals surface area contributed by atoms with Gasteiger partial charge in [-0.1, -0.05) is 0 Å². The molecule has 0 atom stereocenters. The number of hydrogen-bond acceptors (Lipinski definition) is 3. The summed E-state index contributed by atoms with van der Waals surface area (Å²) in [7, 11) is 3.99. The van der Waals surface area contributed by atoms with E-state index in [0.29, 0.717) is 6.04 Å². The first-order chi connectivity index (χ1) is 8.49. The topological polar surface area (TPSA) is 50.2 Å². The van der Waals surface area contributed by atoms with Gasteiger partial charge in [0.25, 0.3) is 5.91 Å². The molecule has 0 spiro atoms. The molecule has 2 heterocycles. The zero-order valence-electron chi connectivity index (χ0n) is 11.7. The van der Waals surface area contributed by atoms with Crippen molar-refractivity contribution >= 4 is 5.91 Å². The van der Waals surface area contributed by atoms with Crippen LogP contribution in [-0.2, 0) is 7.05 Å². The van der Waals surface area contributed by atoms with Crippen molar-refractivity contribution in [2.24, 2.45) is 7.05 Å². The highest BCUT2D eigenvalue weighted by Crippen LogP contribution is 2.14. The third-order valence-corrected chi connectivity index (χ3v) is 3.79. The molecule has 2 rings (SSSR count). The number of rotatable bonds is 2. The normalized spacial score (nSPS) is 18.0. The molecule has 0 aromatic carbocycles. The first kappa shape index (κ1) is 13.1. The number of aryl methyl sites for hydroxylation is 2. The fraction of sp³-hybridized carbons (Fsp3) is 0.692. The van der Waals surface area contributed by atoms with E-state index in [4.69, 9.17) is 0 Å². The molecule has 0 saturated carbocycles. The summed E-state index contributed by atoms with van der Waals surface area (Å²) in [5.74, 6) is 0.0210. The lowest BCUT2D eigenvalue weighted by Gasteiger charge is -2.29. The van der Waals surface area contributed by atoms with Crippen molar-refractivity contribution in [1.29, 1.82) is 0 Å². The number of aromatic nitrogens is 2. The lowest BCUT2D eigenvalue weighted by molar-refractivity contribution is 0.0915. The summed E-state index contributed by atoms with van der Waals surface area (Å²) in [6.07, 6.45) is 2.06. The van der Waals surface area contributed by atoms with Gasteiger partial charge in [0.2, 0.25) is 0 Å². The zero-order valence-corrected chi connectivity index (χ0v) is 11.7. The van der Waals surface area contributed by atoms with Crippen molar-refractivity contribution in [2.45, 2.75) is 32.7 Å². The molecule has 5 nitrogen and oxygen atoms in total. The van der Waals surface area contributed by atoms with Gasteiger partial charge < -0.3 is 10.2 Å². The molecule has 1 saturated heterocycles. The Bertz CT molecular complexity index is 444. The third-order valence-electron chi connectivity index (χ3n) is 3.79. The molecule has 1 N–H and O–H groups in total. The molecule has 0 radical (unpaired) electrons. The van der Waals surface area contributed by atoms with E-state index >= 15 is 0 Å². The summed E-state index contributed by atoms with van der Waals surface area (Å²) in [6, 6.07) is 0.299. The standard InChI is InChI=1S/C13H22N4O/c1-9-12(10(2)17(4)15-9)13(18)14-11-5-7-16(3)8-6-11/h11H,5-8H2,1-4H3,(H,14,18). The van der Waals surface area contributed by atoms with E-state index in [9.17, 15) is 4.79 Å². The fourth-order valence-corrected chi connectivity index (χ4v) is 2.51. The Kier molecular flexibility index (Phi) is 3.71. The number of carbonyl (C=O) groups excluding carboxylic acids is 1. The zero-order chi connectivity index (χ0) is 13.3. The van der Waals surface area contributed by atoms with E-state index in [1.165, 1.54) is 0 Å². The van der Waals surface area contributed by atoms with Crippen LogP contribution in [0.4, 0.5) is 0 Å². The van der Waals surface area contributed by atoms with Crippen LogP contribution in [0.3, 0.4) is 0 Å². The molecule has 1 aromatic heterocycles. The summed E-state index contributed by atoms with van der Waals surface area (Å²) >= 11 is 0. The smallest absolute Gasteiger partial charge is 0.255 e. The van der Waals surface area contributed by atoms with Gasteiger partial charge in [0.1, 0.15) is 0 Å². The minimum Gasteiger partial charge on any atom is -0.349 e. The maximum absolute atomic E-state index is 12.3. The molecule has 5 heteroatoms. The molecule has 1 aromatic rings. The average Bonchev–Trinajstić information content (AvgIpc) is 2.56. The van der Waals surface area contributed by atoms with E-state index in [-0.39, 0.29) is 5.91 Å². The number of piperidine rings is 1. The van der Waals surface area contributed by atoms with Gasteiger partial charge in [-0.15, -0.1) is 0 Å². The van der Waals surface area contributed by atoms with E-state index in [1.807, 2.05) is 20.9 Å². The van der Waals surface area contributed by atoms with Crippen molar-refractivity contribution in [3.63, 3.8) is 0 Å². The summed E-state index contributed by atoms with van der Waals surface area (Å²) in [5, 5.41) is 7.42. The van der Waals surface area contributed by atoms with Gasteiger partial charge >= 0.3 is 0 Å². The Morgan fingerprint density at radius 2 is 1.89 bits per heavy atom. The molecule has 0 bridgehead atoms. The Morgan fingerprint density at radius 3 is 2.39 bits per heavy atom. The first-order valence-corrected chi connectivity index (χ1v) is 6.48. The summed E-state index contributed by atoms with van der Waals surface area (Å²) in [6.45, 7) is 5.92. The van der Waals surface area contributed by atoms with Crippen LogP contribution in [0.2, 0.25) is 0 Å². The van der Waals surface area contributed by atoms with Crippen LogP contribution in [-0.4, -0.2) is 46.8 Å². The van der Waals surface area contributed by atoms with Crippen LogP contribution in [0, 0.1) is 13.8 Å². The minimum atomic E-state index is 0.0210. The predicted molar refractivity (Wildman–Crippen MR) is 70.7 cm³/mol. The van der Waals surface area contributed by atoms with Crippen molar-refractivity contribution < 1.29 is 4.79 Å². The van der Waals surface area contributed by atoms with Crippen molar-refractivity contribution in [3.05, 3.63) is 17.0 Å². The molecule has 1 aliphatic rings. The van der Waals surface area contributed by atoms with Crippen LogP contribution < -0.4 is 5.32 Å². The van der Waals surface area contributed by atoms with Gasteiger partial charge in [-0.05, 0) is 46.8 Å². The molecular weight excluding hydrogens is 228 g/mol. The van der Waals surface area contributed by atoms with Crippen LogP contribution in [0.5, 0.6) is 0 Å². The Labute approximate surface area is 108 Å². The first-order valence-electron chi connectivity index (χ1n) is 6.48. The van der Waals surface area contributed by atoms with E-state index in [0.717, 1.165) is 42.9 Å². The monoisotopic (exact) mass is 250 g/mol. The minimum absolute atomic E-state index is 0.0210. The van der Waals surface area contributed by atoms with Gasteiger partial charge in [0.15, 0.2) is 0 Å². The number of hydrogen-bond donors (Lipinski definition) is 1. The second-order valence-electron chi connectivity index (χ2n) is 5.22. The molecule has 1 fully saturated rings. The highest BCUT2D eigenvalue weighted by Gasteiger charge is 2.22. The molecule has 18 heavy (non-hydrogen) atoms. The quantitative estimate of drug-likeness (QED) is 0.847. The highest BCUT2D eigenvalue weighted by atomic mass is 16.1. The Morgan fingerprint density at radius 1 is 1.28 bits per heavy atom. The number of nitrogens with one attached hydrogen (secondary N) is 1. The van der Waals surface area contributed by atoms with Crippen LogP contribution in [0.25, 0.3) is 0 Å². The van der Waals surface area contributed by atoms with Gasteiger partial charge in [-0.3, -0.25) is 9.48 Å². The Balaban J connectivity index is 2.04. The SMILES string of the molecule is Cc1nn(C)c(C)c1C(=O)NC1CCN(C)CC1. The maximum Gasteiger partial charge on any atom is 0.255 e. The van der Waals surface area contributed by atoms with Crippen molar-refractivity contribution in [1.82, 2.24) is 20.0 Å². The van der Waals surface area contributed by atoms with Crippen LogP contribution in [0.1, 0.15) is 34.6 Å². The fourth-order valence-electron chi connectivity index (χ4n) is 2.51. The predicted octanol–water partition coefficient (Wildman–Crippen LogP) is 0.861. The molecule has 100 valence electrons. The largest absolute Gasteiger partial charge is 0.349 e. The number of carbonyl (C=O) groups is 1. The molecule has 0 aliphatic carbocycles. The lowest BCUT2D eigenvalue weighted by atomic mass is 10.0. The van der Waals surface area contributed by atoms with E-state index < -0.39 is 0 Å². The second-order valence-corrected chi connectivity index (χ2v) is 5.22. The molecular formula is C13H22N4O. The van der Waals surface area contributed by atoms with Gasteiger partial charge in [0, 0.05) is 18.8 Å². The summed E-state index contributed by atoms with van der Waals surface area (Å²) in [4.78, 5) is 14.6. The van der Waals surface area contributed by atoms with E-state index in [1.54, 1.807) is 4.68 Å². The molecule has 1 aliphatic heterocycles. The summed E-state index contributed by atoms with van der Waals surface area (Å²) in [5.41, 5.74) is 2.47. The average molecular weight is 250 g/mol. The van der Waals surface area contributed by atoms with Crippen LogP contribution in [0.15, 0.2) is 0 Å². The highest BCUT2D eigenvalue weighted by molar-refractivity contribution is 5.96. The number of amides is 1. The van der Waals surface area contributed by atoms with E-state index in [2.05, 4.69) is 22.4 Å². The van der Waals surface area contributed by atoms with Gasteiger partial charge in [0.05, 0.1) is 11.3 Å². The van der Waals surface area contributed by atoms with Crippen molar-refractivity contribution in [2.75, 3.05) is 20.1 Å². The molecule has 0 unspecified atom stereocenters. The third kappa shape index (κ3) is 2.56. The summed E-state index contributed by atoms with van der Waals surface area (Å²) < 4.78 is 1.76. The van der Waals surface area contributed by atoms with Crippen molar-refractivity contribution in [3.8, 4) is 0 Å². The lowest BCUT2D eigenvalue weighted by Crippen LogP contribution is -2.43. The van der Waals surface area contributed by atoms with Crippen LogP contribution >= 0.6 is 0 Å². The second kappa shape index (κ2) is 5.10. The number of nitrogens with zero attached hydrogens (tertiary/aromatic N) is 3. The maximum atomic E-state index is 12.3.